The maximum atomic E-state index is 12.0. The van der Waals surface area contributed by atoms with Crippen LogP contribution in [0.25, 0.3) is 11.1 Å². The number of carbonyl (C=O) groups excluding carboxylic acids is 1. The van der Waals surface area contributed by atoms with E-state index in [-0.39, 0.29) is 11.9 Å². The standard InChI is InChI=1S/C14H17N3O3/c1-9-16-12-6-10(2-3-13(12)20-9)17-14(18)7-11-8-19-5-4-15-11/h2-3,6,11,15H,4-5,7-8H2,1H3,(H,17,18). The Bertz CT molecular complexity index is 617. The van der Waals surface area contributed by atoms with E-state index in [1.165, 1.54) is 0 Å². The number of ether oxygens (including phenoxy) is 1. The molecule has 0 radical (unpaired) electrons. The normalized spacial score (nSPS) is 19.1. The van der Waals surface area contributed by atoms with Crippen molar-refractivity contribution in [2.24, 2.45) is 0 Å². The van der Waals surface area contributed by atoms with E-state index in [4.69, 9.17) is 9.15 Å². The number of nitrogens with one attached hydrogen (secondary N) is 2. The fraction of sp³-hybridized carbons (Fsp3) is 0.429. The smallest absolute Gasteiger partial charge is 0.226 e. The lowest BCUT2D eigenvalue weighted by Gasteiger charge is -2.23. The average molecular weight is 275 g/mol. The van der Waals surface area contributed by atoms with Gasteiger partial charge in [-0.05, 0) is 18.2 Å². The third-order valence-electron chi connectivity index (χ3n) is 3.21. The Hall–Kier alpha value is -1.92. The molecule has 2 heterocycles. The van der Waals surface area contributed by atoms with Crippen LogP contribution in [-0.4, -0.2) is 36.7 Å². The minimum Gasteiger partial charge on any atom is -0.441 e. The molecule has 3 rings (SSSR count). The van der Waals surface area contributed by atoms with Crippen LogP contribution in [-0.2, 0) is 9.53 Å². The highest BCUT2D eigenvalue weighted by molar-refractivity contribution is 5.93. The highest BCUT2D eigenvalue weighted by atomic mass is 16.5. The molecule has 2 N–H and O–H groups in total. The Morgan fingerprint density at radius 2 is 2.45 bits per heavy atom. The molecule has 0 bridgehead atoms. The van der Waals surface area contributed by atoms with Gasteiger partial charge in [-0.25, -0.2) is 4.98 Å². The summed E-state index contributed by atoms with van der Waals surface area (Å²) in [5, 5.41) is 6.13. The van der Waals surface area contributed by atoms with Crippen molar-refractivity contribution in [2.75, 3.05) is 25.1 Å². The maximum Gasteiger partial charge on any atom is 0.226 e. The third kappa shape index (κ3) is 2.97. The summed E-state index contributed by atoms with van der Waals surface area (Å²) in [6.45, 7) is 3.88. The lowest BCUT2D eigenvalue weighted by molar-refractivity contribution is -0.117. The molecular weight excluding hydrogens is 258 g/mol. The molecule has 1 aliphatic heterocycles. The van der Waals surface area contributed by atoms with E-state index in [1.807, 2.05) is 18.2 Å². The molecule has 0 saturated carbocycles. The maximum absolute atomic E-state index is 12.0. The summed E-state index contributed by atoms with van der Waals surface area (Å²) in [4.78, 5) is 16.2. The number of hydrogen-bond donors (Lipinski definition) is 2. The number of aryl methyl sites for hydroxylation is 1. The molecule has 1 unspecified atom stereocenters. The zero-order chi connectivity index (χ0) is 13.9. The number of oxazole rings is 1. The number of aromatic nitrogens is 1. The summed E-state index contributed by atoms with van der Waals surface area (Å²) in [5.41, 5.74) is 2.20. The highest BCUT2D eigenvalue weighted by Gasteiger charge is 2.17. The van der Waals surface area contributed by atoms with Crippen LogP contribution < -0.4 is 10.6 Å². The van der Waals surface area contributed by atoms with E-state index in [9.17, 15) is 4.79 Å². The van der Waals surface area contributed by atoms with Gasteiger partial charge in [0.2, 0.25) is 5.91 Å². The Kier molecular flexibility index (Phi) is 3.66. The van der Waals surface area contributed by atoms with Gasteiger partial charge >= 0.3 is 0 Å². The number of benzene rings is 1. The number of amides is 1. The fourth-order valence-electron chi connectivity index (χ4n) is 2.31. The number of rotatable bonds is 3. The zero-order valence-electron chi connectivity index (χ0n) is 11.3. The molecule has 6 nitrogen and oxygen atoms in total. The van der Waals surface area contributed by atoms with Gasteiger partial charge in [-0.1, -0.05) is 0 Å². The van der Waals surface area contributed by atoms with E-state index >= 15 is 0 Å². The molecule has 1 saturated heterocycles. The van der Waals surface area contributed by atoms with E-state index in [1.54, 1.807) is 6.92 Å². The van der Waals surface area contributed by atoms with Gasteiger partial charge in [0.1, 0.15) is 5.52 Å². The van der Waals surface area contributed by atoms with Crippen molar-refractivity contribution < 1.29 is 13.9 Å². The SMILES string of the molecule is Cc1nc2cc(NC(=O)CC3COCCN3)ccc2o1. The topological polar surface area (TPSA) is 76.4 Å². The molecule has 1 aromatic heterocycles. The molecule has 0 spiro atoms. The molecule has 106 valence electrons. The van der Waals surface area contributed by atoms with Crippen molar-refractivity contribution in [3.8, 4) is 0 Å². The van der Waals surface area contributed by atoms with E-state index in [2.05, 4.69) is 15.6 Å². The molecule has 6 heteroatoms. The molecule has 1 aliphatic rings. The number of hydrogen-bond acceptors (Lipinski definition) is 5. The molecular formula is C14H17N3O3. The summed E-state index contributed by atoms with van der Waals surface area (Å²) in [6, 6.07) is 5.53. The molecule has 1 atom stereocenters. The van der Waals surface area contributed by atoms with Crippen molar-refractivity contribution in [3.63, 3.8) is 0 Å². The Balaban J connectivity index is 1.64. The van der Waals surface area contributed by atoms with Crippen molar-refractivity contribution >= 4 is 22.7 Å². The van der Waals surface area contributed by atoms with Gasteiger partial charge in [0.05, 0.1) is 13.2 Å². The predicted molar refractivity (Wildman–Crippen MR) is 74.6 cm³/mol. The second kappa shape index (κ2) is 5.60. The van der Waals surface area contributed by atoms with Crippen LogP contribution in [0.3, 0.4) is 0 Å². The van der Waals surface area contributed by atoms with Crippen LogP contribution in [0, 0.1) is 6.92 Å². The monoisotopic (exact) mass is 275 g/mol. The first-order chi connectivity index (χ1) is 9.70. The highest BCUT2D eigenvalue weighted by Crippen LogP contribution is 2.19. The van der Waals surface area contributed by atoms with Gasteiger partial charge in [-0.2, -0.15) is 0 Å². The first-order valence-electron chi connectivity index (χ1n) is 6.69. The zero-order valence-corrected chi connectivity index (χ0v) is 11.3. The summed E-state index contributed by atoms with van der Waals surface area (Å²) in [7, 11) is 0. The summed E-state index contributed by atoms with van der Waals surface area (Å²) < 4.78 is 10.7. The molecule has 20 heavy (non-hydrogen) atoms. The van der Waals surface area contributed by atoms with E-state index < -0.39 is 0 Å². The van der Waals surface area contributed by atoms with Crippen LogP contribution in [0.5, 0.6) is 0 Å². The second-order valence-electron chi connectivity index (χ2n) is 4.89. The van der Waals surface area contributed by atoms with Crippen LogP contribution in [0.15, 0.2) is 22.6 Å². The van der Waals surface area contributed by atoms with Crippen molar-refractivity contribution in [2.45, 2.75) is 19.4 Å². The lowest BCUT2D eigenvalue weighted by atomic mass is 10.2. The molecule has 0 aliphatic carbocycles. The van der Waals surface area contributed by atoms with Crippen LogP contribution >= 0.6 is 0 Å². The first kappa shape index (κ1) is 13.1. The van der Waals surface area contributed by atoms with Gasteiger partial charge < -0.3 is 19.8 Å². The quantitative estimate of drug-likeness (QED) is 0.886. The molecule has 1 aromatic carbocycles. The Labute approximate surface area is 116 Å². The van der Waals surface area contributed by atoms with E-state index in [0.29, 0.717) is 25.5 Å². The second-order valence-corrected chi connectivity index (χ2v) is 4.89. The van der Waals surface area contributed by atoms with Gasteiger partial charge in [0.25, 0.3) is 0 Å². The fourth-order valence-corrected chi connectivity index (χ4v) is 2.31. The molecule has 1 amide bonds. The lowest BCUT2D eigenvalue weighted by Crippen LogP contribution is -2.43. The van der Waals surface area contributed by atoms with Crippen LogP contribution in [0.2, 0.25) is 0 Å². The number of morpholine rings is 1. The van der Waals surface area contributed by atoms with Crippen molar-refractivity contribution in [1.82, 2.24) is 10.3 Å². The first-order valence-corrected chi connectivity index (χ1v) is 6.69. The minimum atomic E-state index is -0.0347. The third-order valence-corrected chi connectivity index (χ3v) is 3.21. The molecule has 2 aromatic rings. The number of fused-ring (bicyclic) bond motifs is 1. The minimum absolute atomic E-state index is 0.0347. The Morgan fingerprint density at radius 3 is 3.25 bits per heavy atom. The number of carbonyl (C=O) groups is 1. The largest absolute Gasteiger partial charge is 0.441 e. The van der Waals surface area contributed by atoms with Crippen LogP contribution in [0.1, 0.15) is 12.3 Å². The van der Waals surface area contributed by atoms with Gasteiger partial charge in [0, 0.05) is 31.6 Å². The Morgan fingerprint density at radius 1 is 1.55 bits per heavy atom. The van der Waals surface area contributed by atoms with Gasteiger partial charge in [0.15, 0.2) is 11.5 Å². The molecule has 1 fully saturated rings. The summed E-state index contributed by atoms with van der Waals surface area (Å²) in [5.74, 6) is 0.583. The number of anilines is 1. The van der Waals surface area contributed by atoms with Gasteiger partial charge in [-0.15, -0.1) is 0 Å². The summed E-state index contributed by atoms with van der Waals surface area (Å²) >= 11 is 0. The summed E-state index contributed by atoms with van der Waals surface area (Å²) in [6.07, 6.45) is 0.399. The van der Waals surface area contributed by atoms with Gasteiger partial charge in [-0.3, -0.25) is 4.79 Å². The number of nitrogens with zero attached hydrogens (tertiary/aromatic N) is 1. The van der Waals surface area contributed by atoms with Crippen molar-refractivity contribution in [1.29, 1.82) is 0 Å². The van der Waals surface area contributed by atoms with Crippen molar-refractivity contribution in [3.05, 3.63) is 24.1 Å². The van der Waals surface area contributed by atoms with Crippen LogP contribution in [0.4, 0.5) is 5.69 Å². The predicted octanol–water partition coefficient (Wildman–Crippen LogP) is 1.45. The average Bonchev–Trinajstić information content (AvgIpc) is 2.79. The van der Waals surface area contributed by atoms with E-state index in [0.717, 1.165) is 23.3 Å².